The topological polar surface area (TPSA) is 130 Å². The molecule has 1 rings (SSSR count). The van der Waals surface area contributed by atoms with E-state index < -0.39 is 28.0 Å². The van der Waals surface area contributed by atoms with Gasteiger partial charge in [-0.2, -0.15) is 4.72 Å². The monoisotopic (exact) mass is 359 g/mol. The second-order valence-corrected chi connectivity index (χ2v) is 6.90. The van der Waals surface area contributed by atoms with Gasteiger partial charge in [0.2, 0.25) is 10.0 Å². The van der Waals surface area contributed by atoms with Crippen LogP contribution in [0, 0.1) is 0 Å². The fourth-order valence-corrected chi connectivity index (χ4v) is 3.32. The smallest absolute Gasteiger partial charge is 0.321 e. The first-order valence-electron chi connectivity index (χ1n) is 7.37. The molecule has 134 valence electrons. The van der Waals surface area contributed by atoms with Gasteiger partial charge in [0.05, 0.1) is 12.0 Å². The number of ether oxygens (including phenoxy) is 1. The number of carboxylic acids is 2. The minimum Gasteiger partial charge on any atom is -0.497 e. The van der Waals surface area contributed by atoms with Crippen molar-refractivity contribution in [3.8, 4) is 5.75 Å². The Morgan fingerprint density at radius 2 is 1.92 bits per heavy atom. The number of aliphatic carboxylic acids is 2. The molecule has 0 saturated heterocycles. The lowest BCUT2D eigenvalue weighted by molar-refractivity contribution is -0.139. The average Bonchev–Trinajstić information content (AvgIpc) is 2.53. The number of hydrogen-bond acceptors (Lipinski definition) is 5. The normalized spacial score (nSPS) is 12.5. The first-order valence-corrected chi connectivity index (χ1v) is 8.85. The number of nitrogens with one attached hydrogen (secondary N) is 1. The van der Waals surface area contributed by atoms with Gasteiger partial charge < -0.3 is 14.9 Å². The molecule has 0 aliphatic heterocycles. The van der Waals surface area contributed by atoms with E-state index in [-0.39, 0.29) is 17.7 Å². The van der Waals surface area contributed by atoms with Gasteiger partial charge in [0.1, 0.15) is 11.8 Å². The molecular formula is C15H21NO7S. The molecule has 1 aromatic rings. The Labute approximate surface area is 140 Å². The fraction of sp³-hybridized carbons (Fsp3) is 0.467. The highest BCUT2D eigenvalue weighted by molar-refractivity contribution is 7.89. The van der Waals surface area contributed by atoms with Gasteiger partial charge in [0, 0.05) is 12.5 Å². The Bertz CT molecular complexity index is 672. The third-order valence-corrected chi connectivity index (χ3v) is 4.80. The van der Waals surface area contributed by atoms with Crippen molar-refractivity contribution >= 4 is 22.0 Å². The summed E-state index contributed by atoms with van der Waals surface area (Å²) in [7, 11) is -2.60. The lowest BCUT2D eigenvalue weighted by Crippen LogP contribution is -2.40. The molecule has 1 atom stereocenters. The summed E-state index contributed by atoms with van der Waals surface area (Å²) in [5.74, 6) is -1.85. The summed E-state index contributed by atoms with van der Waals surface area (Å²) in [6.07, 6.45) is 1.43. The van der Waals surface area contributed by atoms with Crippen LogP contribution in [0.1, 0.15) is 32.1 Å². The highest BCUT2D eigenvalue weighted by atomic mass is 32.2. The van der Waals surface area contributed by atoms with Crippen LogP contribution in [0.15, 0.2) is 29.2 Å². The number of carbonyl (C=O) groups is 2. The quantitative estimate of drug-likeness (QED) is 0.510. The Hall–Kier alpha value is -2.13. The van der Waals surface area contributed by atoms with Crippen LogP contribution in [-0.2, 0) is 19.6 Å². The number of benzene rings is 1. The van der Waals surface area contributed by atoms with E-state index in [1.54, 1.807) is 6.07 Å². The van der Waals surface area contributed by atoms with Gasteiger partial charge >= 0.3 is 11.9 Å². The number of sulfonamides is 1. The Morgan fingerprint density at radius 1 is 1.21 bits per heavy atom. The van der Waals surface area contributed by atoms with Crippen LogP contribution in [-0.4, -0.2) is 43.7 Å². The molecular weight excluding hydrogens is 338 g/mol. The van der Waals surface area contributed by atoms with Gasteiger partial charge in [-0.05, 0) is 25.0 Å². The first kappa shape index (κ1) is 19.9. The van der Waals surface area contributed by atoms with Gasteiger partial charge in [0.15, 0.2) is 0 Å². The number of rotatable bonds is 11. The van der Waals surface area contributed by atoms with Crippen LogP contribution in [0.25, 0.3) is 0 Å². The maximum Gasteiger partial charge on any atom is 0.321 e. The maximum absolute atomic E-state index is 12.3. The second kappa shape index (κ2) is 9.24. The van der Waals surface area contributed by atoms with Crippen LogP contribution in [0.3, 0.4) is 0 Å². The largest absolute Gasteiger partial charge is 0.497 e. The van der Waals surface area contributed by atoms with Crippen molar-refractivity contribution in [2.24, 2.45) is 0 Å². The van der Waals surface area contributed by atoms with E-state index >= 15 is 0 Å². The maximum atomic E-state index is 12.3. The van der Waals surface area contributed by atoms with Crippen molar-refractivity contribution in [1.82, 2.24) is 4.72 Å². The lowest BCUT2D eigenvalue weighted by atomic mass is 10.1. The van der Waals surface area contributed by atoms with E-state index in [0.29, 0.717) is 25.0 Å². The molecule has 3 N–H and O–H groups in total. The van der Waals surface area contributed by atoms with Gasteiger partial charge in [0.25, 0.3) is 0 Å². The third kappa shape index (κ3) is 6.55. The predicted octanol–water partition coefficient (Wildman–Crippen LogP) is 1.46. The van der Waals surface area contributed by atoms with E-state index in [9.17, 15) is 23.1 Å². The molecule has 0 aliphatic rings. The summed E-state index contributed by atoms with van der Waals surface area (Å²) in [6, 6.07) is 4.45. The number of carboxylic acid groups (broad SMARTS) is 2. The summed E-state index contributed by atoms with van der Waals surface area (Å²) >= 11 is 0. The van der Waals surface area contributed by atoms with Crippen LogP contribution in [0.4, 0.5) is 0 Å². The standard InChI is InChI=1S/C15H21NO7S/c1-23-11-6-5-7-12(10-11)24(21,22)16-13(15(19)20)8-3-2-4-9-14(17)18/h5-7,10,13,16H,2-4,8-9H2,1H3,(H,17,18)(H,19,20)/t13-/m0/s1. The lowest BCUT2D eigenvalue weighted by Gasteiger charge is -2.15. The van der Waals surface area contributed by atoms with Crippen LogP contribution in [0.5, 0.6) is 5.75 Å². The zero-order valence-corrected chi connectivity index (χ0v) is 14.1. The van der Waals surface area contributed by atoms with Crippen molar-refractivity contribution in [3.05, 3.63) is 24.3 Å². The third-order valence-electron chi connectivity index (χ3n) is 3.33. The molecule has 0 amide bonds. The molecule has 0 heterocycles. The molecule has 0 radical (unpaired) electrons. The summed E-state index contributed by atoms with van der Waals surface area (Å²) in [5.41, 5.74) is 0. The summed E-state index contributed by atoms with van der Waals surface area (Å²) < 4.78 is 31.7. The van der Waals surface area contributed by atoms with Gasteiger partial charge in [-0.1, -0.05) is 18.9 Å². The molecule has 0 aromatic heterocycles. The van der Waals surface area contributed by atoms with Crippen LogP contribution < -0.4 is 9.46 Å². The predicted molar refractivity (Wildman–Crippen MR) is 85.5 cm³/mol. The SMILES string of the molecule is COc1cccc(S(=O)(=O)N[C@@H](CCCCCC(=O)O)C(=O)O)c1. The Kier molecular flexibility index (Phi) is 7.66. The minimum absolute atomic E-state index is 0.00722. The molecule has 8 nitrogen and oxygen atoms in total. The number of unbranched alkanes of at least 4 members (excludes halogenated alkanes) is 2. The van der Waals surface area contributed by atoms with Crippen LogP contribution >= 0.6 is 0 Å². The van der Waals surface area contributed by atoms with Crippen molar-refractivity contribution < 1.29 is 33.0 Å². The Balaban J connectivity index is 2.69. The second-order valence-electron chi connectivity index (χ2n) is 5.18. The van der Waals surface area contributed by atoms with Crippen molar-refractivity contribution in [1.29, 1.82) is 0 Å². The average molecular weight is 359 g/mol. The molecule has 1 aromatic carbocycles. The Morgan fingerprint density at radius 3 is 2.50 bits per heavy atom. The van der Waals surface area contributed by atoms with E-state index in [0.717, 1.165) is 0 Å². The fourth-order valence-electron chi connectivity index (χ4n) is 2.06. The highest BCUT2D eigenvalue weighted by Gasteiger charge is 2.25. The summed E-state index contributed by atoms with van der Waals surface area (Å²) in [4.78, 5) is 21.6. The minimum atomic E-state index is -4.00. The molecule has 0 bridgehead atoms. The first-order chi connectivity index (χ1) is 11.3. The van der Waals surface area contributed by atoms with E-state index in [4.69, 9.17) is 9.84 Å². The van der Waals surface area contributed by atoms with Crippen molar-refractivity contribution in [2.45, 2.75) is 43.0 Å². The molecule has 0 saturated carbocycles. The number of hydrogen-bond donors (Lipinski definition) is 3. The molecule has 24 heavy (non-hydrogen) atoms. The van der Waals surface area contributed by atoms with E-state index in [2.05, 4.69) is 4.72 Å². The summed E-state index contributed by atoms with van der Waals surface area (Å²) in [5, 5.41) is 17.7. The number of methoxy groups -OCH3 is 1. The zero-order chi connectivity index (χ0) is 18.2. The van der Waals surface area contributed by atoms with Gasteiger partial charge in [-0.25, -0.2) is 8.42 Å². The molecule has 0 fully saturated rings. The zero-order valence-electron chi connectivity index (χ0n) is 13.3. The van der Waals surface area contributed by atoms with Gasteiger partial charge in [-0.3, -0.25) is 9.59 Å². The van der Waals surface area contributed by atoms with E-state index in [1.165, 1.54) is 25.3 Å². The van der Waals surface area contributed by atoms with Crippen molar-refractivity contribution in [2.75, 3.05) is 7.11 Å². The highest BCUT2D eigenvalue weighted by Crippen LogP contribution is 2.18. The van der Waals surface area contributed by atoms with Crippen molar-refractivity contribution in [3.63, 3.8) is 0 Å². The molecule has 0 aliphatic carbocycles. The molecule has 0 unspecified atom stereocenters. The molecule has 0 spiro atoms. The summed E-state index contributed by atoms with van der Waals surface area (Å²) in [6.45, 7) is 0. The van der Waals surface area contributed by atoms with Gasteiger partial charge in [-0.15, -0.1) is 0 Å². The van der Waals surface area contributed by atoms with E-state index in [1.807, 2.05) is 0 Å². The molecule has 9 heteroatoms. The van der Waals surface area contributed by atoms with Crippen LogP contribution in [0.2, 0.25) is 0 Å².